The molecule has 0 saturated carbocycles. The summed E-state index contributed by atoms with van der Waals surface area (Å²) in [4.78, 5) is 0. The van der Waals surface area contributed by atoms with Crippen molar-refractivity contribution in [3.8, 4) is 11.5 Å². The Balaban J connectivity index is 2.02. The van der Waals surface area contributed by atoms with Crippen molar-refractivity contribution in [2.24, 2.45) is 5.73 Å². The number of thioether (sulfide) groups is 1. The zero-order valence-electron chi connectivity index (χ0n) is 10.3. The monoisotopic (exact) mass is 269 g/mol. The van der Waals surface area contributed by atoms with E-state index in [1.54, 1.807) is 11.8 Å². The number of hydrogen-bond acceptors (Lipinski definition) is 5. The maximum atomic E-state index is 8.74. The number of ether oxygens (including phenoxy) is 2. The summed E-state index contributed by atoms with van der Waals surface area (Å²) in [6, 6.07) is 5.83. The normalized spacial score (nSPS) is 16.1. The average Bonchev–Trinajstić information content (AvgIpc) is 2.63. The molecule has 0 saturated heterocycles. The van der Waals surface area contributed by atoms with Gasteiger partial charge in [-0.2, -0.15) is 11.8 Å². The quantitative estimate of drug-likeness (QED) is 0.794. The fourth-order valence-corrected chi connectivity index (χ4v) is 2.52. The Morgan fingerprint density at radius 1 is 1.28 bits per heavy atom. The molecule has 1 aliphatic heterocycles. The van der Waals surface area contributed by atoms with Crippen LogP contribution in [0.3, 0.4) is 0 Å². The molecule has 1 aromatic carbocycles. The van der Waals surface area contributed by atoms with Crippen LogP contribution in [0.1, 0.15) is 18.0 Å². The molecule has 1 aliphatic rings. The second-order valence-electron chi connectivity index (χ2n) is 4.16. The minimum absolute atomic E-state index is 0.0429. The van der Waals surface area contributed by atoms with Gasteiger partial charge in [-0.15, -0.1) is 0 Å². The number of aliphatic hydroxyl groups is 1. The zero-order valence-corrected chi connectivity index (χ0v) is 11.1. The third-order valence-electron chi connectivity index (χ3n) is 2.73. The van der Waals surface area contributed by atoms with Crippen molar-refractivity contribution < 1.29 is 14.6 Å². The van der Waals surface area contributed by atoms with E-state index in [9.17, 15) is 0 Å². The first-order valence-electron chi connectivity index (χ1n) is 6.15. The zero-order chi connectivity index (χ0) is 12.8. The van der Waals surface area contributed by atoms with E-state index < -0.39 is 0 Å². The first kappa shape index (κ1) is 13.5. The summed E-state index contributed by atoms with van der Waals surface area (Å²) in [6.07, 6.45) is 0.905. The molecule has 100 valence electrons. The van der Waals surface area contributed by atoms with Crippen LogP contribution in [0.2, 0.25) is 0 Å². The van der Waals surface area contributed by atoms with Crippen LogP contribution in [0.5, 0.6) is 11.5 Å². The van der Waals surface area contributed by atoms with Gasteiger partial charge >= 0.3 is 0 Å². The molecule has 0 aliphatic carbocycles. The molecule has 1 atom stereocenters. The SMILES string of the molecule is NC(CSCCO)c1ccc2c(c1)OCCCO2. The number of rotatable bonds is 5. The van der Waals surface area contributed by atoms with E-state index in [1.165, 1.54) is 0 Å². The lowest BCUT2D eigenvalue weighted by Gasteiger charge is -2.14. The summed E-state index contributed by atoms with van der Waals surface area (Å²) in [6.45, 7) is 1.58. The molecule has 5 heteroatoms. The third-order valence-corrected chi connectivity index (χ3v) is 3.80. The van der Waals surface area contributed by atoms with Crippen LogP contribution < -0.4 is 15.2 Å². The molecular weight excluding hydrogens is 250 g/mol. The van der Waals surface area contributed by atoms with Gasteiger partial charge in [0.25, 0.3) is 0 Å². The topological polar surface area (TPSA) is 64.7 Å². The molecule has 0 bridgehead atoms. The number of hydrogen-bond donors (Lipinski definition) is 2. The standard InChI is InChI=1S/C13H19NO3S/c14-11(9-18-7-4-15)10-2-3-12-13(8-10)17-6-1-5-16-12/h2-3,8,11,15H,1,4-7,9,14H2. The van der Waals surface area contributed by atoms with E-state index in [0.717, 1.165) is 35.0 Å². The van der Waals surface area contributed by atoms with Crippen LogP contribution in [0.4, 0.5) is 0 Å². The van der Waals surface area contributed by atoms with E-state index in [0.29, 0.717) is 13.2 Å². The Hall–Kier alpha value is -0.910. The molecule has 3 N–H and O–H groups in total. The Kier molecular flexibility index (Phi) is 5.16. The Morgan fingerprint density at radius 2 is 2.06 bits per heavy atom. The van der Waals surface area contributed by atoms with Crippen LogP contribution >= 0.6 is 11.8 Å². The van der Waals surface area contributed by atoms with E-state index in [1.807, 2.05) is 18.2 Å². The van der Waals surface area contributed by atoms with Crippen molar-refractivity contribution in [2.75, 3.05) is 31.3 Å². The number of benzene rings is 1. The molecule has 1 unspecified atom stereocenters. The van der Waals surface area contributed by atoms with Gasteiger partial charge in [0, 0.05) is 24.0 Å². The van der Waals surface area contributed by atoms with Gasteiger partial charge in [0.05, 0.1) is 19.8 Å². The van der Waals surface area contributed by atoms with E-state index in [2.05, 4.69) is 0 Å². The third kappa shape index (κ3) is 3.54. The second-order valence-corrected chi connectivity index (χ2v) is 5.31. The van der Waals surface area contributed by atoms with Gasteiger partial charge in [-0.1, -0.05) is 6.07 Å². The second kappa shape index (κ2) is 6.87. The van der Waals surface area contributed by atoms with Gasteiger partial charge in [-0.25, -0.2) is 0 Å². The summed E-state index contributed by atoms with van der Waals surface area (Å²) < 4.78 is 11.2. The molecular formula is C13H19NO3S. The number of aliphatic hydroxyl groups excluding tert-OH is 1. The molecule has 1 aromatic rings. The Morgan fingerprint density at radius 3 is 2.83 bits per heavy atom. The highest BCUT2D eigenvalue weighted by molar-refractivity contribution is 7.99. The van der Waals surface area contributed by atoms with Crippen LogP contribution in [-0.2, 0) is 0 Å². The van der Waals surface area contributed by atoms with Gasteiger partial charge in [0.15, 0.2) is 11.5 Å². The smallest absolute Gasteiger partial charge is 0.161 e. The number of fused-ring (bicyclic) bond motifs is 1. The van der Waals surface area contributed by atoms with Crippen molar-refractivity contribution in [1.82, 2.24) is 0 Å². The summed E-state index contributed by atoms with van der Waals surface area (Å²) in [5, 5.41) is 8.74. The maximum absolute atomic E-state index is 8.74. The Labute approximate surface area is 111 Å². The van der Waals surface area contributed by atoms with Gasteiger partial charge in [-0.3, -0.25) is 0 Å². The molecule has 0 aromatic heterocycles. The highest BCUT2D eigenvalue weighted by Crippen LogP contribution is 2.32. The average molecular weight is 269 g/mol. The fraction of sp³-hybridized carbons (Fsp3) is 0.538. The van der Waals surface area contributed by atoms with Gasteiger partial charge in [0.1, 0.15) is 0 Å². The fourth-order valence-electron chi connectivity index (χ4n) is 1.78. The molecule has 18 heavy (non-hydrogen) atoms. The highest BCUT2D eigenvalue weighted by Gasteiger charge is 2.13. The molecule has 0 amide bonds. The van der Waals surface area contributed by atoms with Crippen molar-refractivity contribution in [2.45, 2.75) is 12.5 Å². The highest BCUT2D eigenvalue weighted by atomic mass is 32.2. The summed E-state index contributed by atoms with van der Waals surface area (Å²) >= 11 is 1.65. The molecule has 4 nitrogen and oxygen atoms in total. The molecule has 1 heterocycles. The van der Waals surface area contributed by atoms with Crippen LogP contribution in [0.15, 0.2) is 18.2 Å². The summed E-state index contributed by atoms with van der Waals surface area (Å²) in [5.74, 6) is 3.09. The lowest BCUT2D eigenvalue weighted by Crippen LogP contribution is -2.13. The maximum Gasteiger partial charge on any atom is 0.161 e. The minimum Gasteiger partial charge on any atom is -0.490 e. The predicted molar refractivity (Wildman–Crippen MR) is 73.4 cm³/mol. The lowest BCUT2D eigenvalue weighted by molar-refractivity contribution is 0.297. The largest absolute Gasteiger partial charge is 0.490 e. The molecule has 0 spiro atoms. The van der Waals surface area contributed by atoms with Gasteiger partial charge in [0.2, 0.25) is 0 Å². The first-order chi connectivity index (χ1) is 8.81. The van der Waals surface area contributed by atoms with Crippen molar-refractivity contribution >= 4 is 11.8 Å². The summed E-state index contributed by atoms with van der Waals surface area (Å²) in [7, 11) is 0. The Bertz CT molecular complexity index is 386. The molecule has 0 fully saturated rings. The lowest BCUT2D eigenvalue weighted by atomic mass is 10.1. The molecule has 0 radical (unpaired) electrons. The van der Waals surface area contributed by atoms with E-state index in [4.69, 9.17) is 20.3 Å². The van der Waals surface area contributed by atoms with Crippen molar-refractivity contribution in [1.29, 1.82) is 0 Å². The van der Waals surface area contributed by atoms with Crippen LogP contribution in [0.25, 0.3) is 0 Å². The van der Waals surface area contributed by atoms with E-state index >= 15 is 0 Å². The van der Waals surface area contributed by atoms with E-state index in [-0.39, 0.29) is 12.6 Å². The molecule has 2 rings (SSSR count). The van der Waals surface area contributed by atoms with Crippen molar-refractivity contribution in [3.63, 3.8) is 0 Å². The first-order valence-corrected chi connectivity index (χ1v) is 7.30. The minimum atomic E-state index is -0.0429. The van der Waals surface area contributed by atoms with Gasteiger partial charge in [-0.05, 0) is 17.7 Å². The van der Waals surface area contributed by atoms with Gasteiger partial charge < -0.3 is 20.3 Å². The van der Waals surface area contributed by atoms with Crippen molar-refractivity contribution in [3.05, 3.63) is 23.8 Å². The predicted octanol–water partition coefficient (Wildman–Crippen LogP) is 1.57. The number of nitrogens with two attached hydrogens (primary N) is 1. The van der Waals surface area contributed by atoms with Crippen LogP contribution in [-0.4, -0.2) is 36.4 Å². The summed E-state index contributed by atoms with van der Waals surface area (Å²) in [5.41, 5.74) is 7.16. The van der Waals surface area contributed by atoms with Crippen LogP contribution in [0, 0.1) is 0 Å².